The summed E-state index contributed by atoms with van der Waals surface area (Å²) in [5.41, 5.74) is 3.51. The van der Waals surface area contributed by atoms with Gasteiger partial charge in [0.1, 0.15) is 17.0 Å². The number of nitrogens with zero attached hydrogens (tertiary/aromatic N) is 4. The number of thiophene rings is 1. The molecule has 0 spiro atoms. The molecule has 4 rings (SSSR count). The van der Waals surface area contributed by atoms with Crippen molar-refractivity contribution in [3.05, 3.63) is 53.3 Å². The average Bonchev–Trinajstić information content (AvgIpc) is 3.20. The fourth-order valence-corrected chi connectivity index (χ4v) is 3.44. The van der Waals surface area contributed by atoms with Crippen LogP contribution in [0.25, 0.3) is 21.3 Å². The number of rotatable bonds is 4. The number of hydrogen-bond donors (Lipinski definition) is 1. The second-order valence-corrected chi connectivity index (χ2v) is 6.34. The number of fused-ring (bicyclic) bond motifs is 1. The van der Waals surface area contributed by atoms with Crippen LogP contribution < -0.4 is 5.32 Å². The largest absolute Gasteiger partial charge is 0.424 e. The Hall–Kier alpha value is -2.80. The molecule has 0 fully saturated rings. The van der Waals surface area contributed by atoms with Gasteiger partial charge < -0.3 is 9.73 Å². The van der Waals surface area contributed by atoms with Crippen LogP contribution in [0.3, 0.4) is 0 Å². The zero-order valence-corrected chi connectivity index (χ0v) is 14.1. The Kier molecular flexibility index (Phi) is 3.70. The van der Waals surface area contributed by atoms with Crippen LogP contribution >= 0.6 is 11.3 Å². The lowest BCUT2D eigenvalue weighted by molar-refractivity contribution is 0.474. The van der Waals surface area contributed by atoms with Crippen molar-refractivity contribution in [2.45, 2.75) is 20.4 Å². The molecule has 0 saturated heterocycles. The van der Waals surface area contributed by atoms with E-state index in [1.54, 1.807) is 24.6 Å². The molecule has 0 amide bonds. The highest BCUT2D eigenvalue weighted by molar-refractivity contribution is 7.17. The summed E-state index contributed by atoms with van der Waals surface area (Å²) in [6.45, 7) is 4.28. The number of benzene rings is 1. The quantitative estimate of drug-likeness (QED) is 0.607. The Bertz CT molecular complexity index is 990. The first-order valence-corrected chi connectivity index (χ1v) is 8.41. The van der Waals surface area contributed by atoms with E-state index in [9.17, 15) is 0 Å². The van der Waals surface area contributed by atoms with Crippen LogP contribution in [0.15, 0.2) is 40.4 Å². The third-order valence-corrected chi connectivity index (χ3v) is 4.59. The molecule has 4 aromatic rings. The third-order valence-electron chi connectivity index (χ3n) is 3.71. The van der Waals surface area contributed by atoms with Gasteiger partial charge in [-0.1, -0.05) is 29.8 Å². The van der Waals surface area contributed by atoms with E-state index in [1.165, 1.54) is 5.56 Å². The lowest BCUT2D eigenvalue weighted by Crippen LogP contribution is -2.02. The van der Waals surface area contributed by atoms with Crippen molar-refractivity contribution >= 4 is 27.4 Å². The van der Waals surface area contributed by atoms with E-state index in [1.807, 2.05) is 0 Å². The zero-order valence-electron chi connectivity index (χ0n) is 13.3. The molecule has 0 radical (unpaired) electrons. The minimum Gasteiger partial charge on any atom is -0.424 e. The van der Waals surface area contributed by atoms with E-state index in [2.05, 4.69) is 62.1 Å². The monoisotopic (exact) mass is 337 g/mol. The third kappa shape index (κ3) is 2.74. The molecule has 0 aliphatic carbocycles. The summed E-state index contributed by atoms with van der Waals surface area (Å²) in [7, 11) is 0. The van der Waals surface area contributed by atoms with Crippen LogP contribution in [0.4, 0.5) is 5.82 Å². The van der Waals surface area contributed by atoms with Gasteiger partial charge in [-0.15, -0.1) is 21.5 Å². The summed E-state index contributed by atoms with van der Waals surface area (Å²) < 4.78 is 5.40. The number of nitrogens with one attached hydrogen (secondary N) is 1. The Labute approximate surface area is 142 Å². The average molecular weight is 337 g/mol. The van der Waals surface area contributed by atoms with E-state index in [0.717, 1.165) is 27.2 Å². The molecule has 0 aliphatic heterocycles. The fourth-order valence-electron chi connectivity index (χ4n) is 2.52. The summed E-state index contributed by atoms with van der Waals surface area (Å²) in [6.07, 6.45) is 1.57. The summed E-state index contributed by atoms with van der Waals surface area (Å²) in [5.74, 6) is 1.86. The highest BCUT2D eigenvalue weighted by Crippen LogP contribution is 2.36. The lowest BCUT2D eigenvalue weighted by Gasteiger charge is -2.07. The first-order valence-electron chi connectivity index (χ1n) is 7.53. The van der Waals surface area contributed by atoms with Crippen molar-refractivity contribution < 1.29 is 4.42 Å². The Morgan fingerprint density at radius 2 is 1.92 bits per heavy atom. The first-order chi connectivity index (χ1) is 11.7. The van der Waals surface area contributed by atoms with E-state index >= 15 is 0 Å². The van der Waals surface area contributed by atoms with Crippen molar-refractivity contribution in [3.8, 4) is 11.1 Å². The van der Waals surface area contributed by atoms with Crippen molar-refractivity contribution in [2.75, 3.05) is 5.32 Å². The van der Waals surface area contributed by atoms with Crippen molar-refractivity contribution in [3.63, 3.8) is 0 Å². The van der Waals surface area contributed by atoms with Crippen LogP contribution in [0, 0.1) is 13.8 Å². The maximum Gasteiger partial charge on any atom is 0.235 e. The van der Waals surface area contributed by atoms with Crippen LogP contribution in [-0.2, 0) is 6.54 Å². The van der Waals surface area contributed by atoms with Gasteiger partial charge in [0.2, 0.25) is 11.8 Å². The molecule has 0 bridgehead atoms. The van der Waals surface area contributed by atoms with Gasteiger partial charge in [-0.05, 0) is 12.5 Å². The van der Waals surface area contributed by atoms with Gasteiger partial charge in [-0.2, -0.15) is 0 Å². The smallest absolute Gasteiger partial charge is 0.235 e. The molecule has 24 heavy (non-hydrogen) atoms. The molecular formula is C17H15N5OS. The molecule has 6 nitrogen and oxygen atoms in total. The minimum absolute atomic E-state index is 0.427. The maximum absolute atomic E-state index is 5.40. The van der Waals surface area contributed by atoms with Gasteiger partial charge in [-0.3, -0.25) is 0 Å². The van der Waals surface area contributed by atoms with Gasteiger partial charge in [0.05, 0.1) is 11.9 Å². The molecular weight excluding hydrogens is 322 g/mol. The fraction of sp³-hybridized carbons (Fsp3) is 0.176. The van der Waals surface area contributed by atoms with Crippen molar-refractivity contribution in [2.24, 2.45) is 0 Å². The molecule has 7 heteroatoms. The van der Waals surface area contributed by atoms with Gasteiger partial charge in [0, 0.05) is 17.9 Å². The highest BCUT2D eigenvalue weighted by atomic mass is 32.1. The normalized spacial score (nSPS) is 11.1. The van der Waals surface area contributed by atoms with Crippen molar-refractivity contribution in [1.29, 1.82) is 0 Å². The summed E-state index contributed by atoms with van der Waals surface area (Å²) in [5, 5.41) is 14.3. The number of aryl methyl sites for hydroxylation is 2. The SMILES string of the molecule is Cc1ccc(-c2csc3ncnc(NCc4nnc(C)o4)c23)cc1. The molecule has 1 N–H and O–H groups in total. The molecule has 0 atom stereocenters. The molecule has 0 unspecified atom stereocenters. The summed E-state index contributed by atoms with van der Waals surface area (Å²) in [6, 6.07) is 8.46. The van der Waals surface area contributed by atoms with E-state index in [4.69, 9.17) is 4.42 Å². The lowest BCUT2D eigenvalue weighted by atomic mass is 10.0. The number of hydrogen-bond acceptors (Lipinski definition) is 7. The maximum atomic E-state index is 5.40. The number of aromatic nitrogens is 4. The molecule has 1 aromatic carbocycles. The van der Waals surface area contributed by atoms with E-state index < -0.39 is 0 Å². The van der Waals surface area contributed by atoms with Gasteiger partial charge in [0.15, 0.2) is 0 Å². The molecule has 3 aromatic heterocycles. The van der Waals surface area contributed by atoms with Crippen LogP contribution in [-0.4, -0.2) is 20.2 Å². The van der Waals surface area contributed by atoms with Crippen LogP contribution in [0.1, 0.15) is 17.3 Å². The highest BCUT2D eigenvalue weighted by Gasteiger charge is 2.13. The molecule has 0 aliphatic rings. The second kappa shape index (κ2) is 6.01. The number of anilines is 1. The summed E-state index contributed by atoms with van der Waals surface area (Å²) >= 11 is 1.61. The Morgan fingerprint density at radius 3 is 2.67 bits per heavy atom. The van der Waals surface area contributed by atoms with E-state index in [0.29, 0.717) is 18.3 Å². The Balaban J connectivity index is 1.72. The minimum atomic E-state index is 0.427. The first kappa shape index (κ1) is 14.8. The standard InChI is InChI=1S/C17H15N5OS/c1-10-3-5-12(6-4-10)13-8-24-17-15(13)16(19-9-20-17)18-7-14-22-21-11(2)23-14/h3-6,8-9H,7H2,1-2H3,(H,18,19,20). The molecule has 120 valence electrons. The summed E-state index contributed by atoms with van der Waals surface area (Å²) in [4.78, 5) is 9.73. The van der Waals surface area contributed by atoms with E-state index in [-0.39, 0.29) is 0 Å². The van der Waals surface area contributed by atoms with Gasteiger partial charge >= 0.3 is 0 Å². The van der Waals surface area contributed by atoms with Crippen molar-refractivity contribution in [1.82, 2.24) is 20.2 Å². The van der Waals surface area contributed by atoms with Gasteiger partial charge in [-0.25, -0.2) is 9.97 Å². The molecule has 0 saturated carbocycles. The van der Waals surface area contributed by atoms with Crippen LogP contribution in [0.5, 0.6) is 0 Å². The topological polar surface area (TPSA) is 76.7 Å². The predicted octanol–water partition coefficient (Wildman–Crippen LogP) is 3.97. The molecule has 3 heterocycles. The zero-order chi connectivity index (χ0) is 16.5. The Morgan fingerprint density at radius 1 is 1.08 bits per heavy atom. The van der Waals surface area contributed by atoms with Crippen LogP contribution in [0.2, 0.25) is 0 Å². The second-order valence-electron chi connectivity index (χ2n) is 5.49. The predicted molar refractivity (Wildman–Crippen MR) is 93.9 cm³/mol. The van der Waals surface area contributed by atoms with Gasteiger partial charge in [0.25, 0.3) is 0 Å².